The van der Waals surface area contributed by atoms with Crippen LogP contribution in [0.3, 0.4) is 0 Å². The largest absolute Gasteiger partial charge is 0.460 e. The average molecular weight is 341 g/mol. The monoisotopic (exact) mass is 341 g/mol. The third-order valence-electron chi connectivity index (χ3n) is 2.61. The van der Waals surface area contributed by atoms with Crippen molar-refractivity contribution in [3.63, 3.8) is 0 Å². The van der Waals surface area contributed by atoms with Crippen LogP contribution in [0.5, 0.6) is 0 Å². The Labute approximate surface area is 106 Å². The normalized spacial score (nSPS) is 16.8. The molecule has 1 fully saturated rings. The second kappa shape index (κ2) is 4.52. The van der Waals surface area contributed by atoms with E-state index in [1.807, 2.05) is 12.1 Å². The molecule has 5 heteroatoms. The minimum Gasteiger partial charge on any atom is -0.207 e. The molecule has 0 amide bonds. The second-order valence-corrected chi connectivity index (χ2v) is 5.08. The Kier molecular flexibility index (Phi) is 3.44. The summed E-state index contributed by atoms with van der Waals surface area (Å²) in [5.41, 5.74) is 0.743. The molecule has 1 aromatic carbocycles. The van der Waals surface area contributed by atoms with Gasteiger partial charge in [-0.1, -0.05) is 18.2 Å². The Balaban J connectivity index is 2.15. The maximum Gasteiger partial charge on any atom is 0.460 e. The van der Waals surface area contributed by atoms with Gasteiger partial charge in [0.15, 0.2) is 0 Å². The van der Waals surface area contributed by atoms with Gasteiger partial charge in [-0.15, -0.1) is 0 Å². The van der Waals surface area contributed by atoms with E-state index in [9.17, 15) is 13.2 Å². The van der Waals surface area contributed by atoms with Gasteiger partial charge in [0, 0.05) is 16.2 Å². The van der Waals surface area contributed by atoms with Gasteiger partial charge in [0.05, 0.1) is 0 Å². The first-order valence-corrected chi connectivity index (χ1v) is 6.13. The highest BCUT2D eigenvalue weighted by atomic mass is 127. The number of hydrogen-bond acceptors (Lipinski definition) is 1. The fourth-order valence-corrected chi connectivity index (χ4v) is 2.18. The highest BCUT2D eigenvalue weighted by Crippen LogP contribution is 2.37. The summed E-state index contributed by atoms with van der Waals surface area (Å²) in [5, 5.41) is 0. The first kappa shape index (κ1) is 12.2. The van der Waals surface area contributed by atoms with Crippen molar-refractivity contribution in [2.24, 2.45) is 0 Å². The minimum atomic E-state index is -4.22. The molecule has 0 bridgehead atoms. The van der Waals surface area contributed by atoms with Crippen molar-refractivity contribution in [2.45, 2.75) is 31.7 Å². The van der Waals surface area contributed by atoms with Gasteiger partial charge >= 0.3 is 6.30 Å². The summed E-state index contributed by atoms with van der Waals surface area (Å²) >= 11 is 2.07. The number of halogens is 4. The van der Waals surface area contributed by atoms with Crippen LogP contribution in [0.1, 0.15) is 18.4 Å². The van der Waals surface area contributed by atoms with Crippen LogP contribution in [0.15, 0.2) is 24.3 Å². The lowest BCUT2D eigenvalue weighted by Crippen LogP contribution is -2.39. The lowest BCUT2D eigenvalue weighted by Gasteiger charge is -2.25. The van der Waals surface area contributed by atoms with Crippen LogP contribution in [0.25, 0.3) is 0 Å². The highest BCUT2D eigenvalue weighted by molar-refractivity contribution is 14.1. The molecule has 0 aliphatic heterocycles. The van der Waals surface area contributed by atoms with E-state index in [2.05, 4.69) is 22.6 Å². The van der Waals surface area contributed by atoms with Crippen LogP contribution in [-0.4, -0.2) is 17.2 Å². The van der Waals surface area contributed by atoms with Crippen LogP contribution in [0.2, 0.25) is 0 Å². The fraction of sp³-hybridized carbons (Fsp3) is 0.455. The van der Waals surface area contributed by atoms with Gasteiger partial charge in [-0.3, -0.25) is 0 Å². The zero-order chi connectivity index (χ0) is 11.8. The van der Waals surface area contributed by atoms with Crippen molar-refractivity contribution in [1.82, 2.24) is 4.90 Å². The Morgan fingerprint density at radius 1 is 1.25 bits per heavy atom. The van der Waals surface area contributed by atoms with Gasteiger partial charge in [-0.2, -0.15) is 13.2 Å². The predicted molar refractivity (Wildman–Crippen MR) is 63.8 cm³/mol. The van der Waals surface area contributed by atoms with Crippen LogP contribution in [-0.2, 0) is 6.54 Å². The molecular formula is C11H11F3IN. The molecule has 2 rings (SSSR count). The predicted octanol–water partition coefficient (Wildman–Crippen LogP) is 3.78. The molecule has 0 atom stereocenters. The van der Waals surface area contributed by atoms with E-state index in [0.717, 1.165) is 9.13 Å². The van der Waals surface area contributed by atoms with Crippen molar-refractivity contribution >= 4 is 22.6 Å². The minimum absolute atomic E-state index is 0.0344. The topological polar surface area (TPSA) is 3.24 Å². The molecule has 16 heavy (non-hydrogen) atoms. The standard InChI is InChI=1S/C11H11F3IN/c12-11(13,14)16(9-5-6-9)7-8-3-1-2-4-10(8)15/h1-4,9H,5-7H2. The van der Waals surface area contributed by atoms with Crippen LogP contribution in [0.4, 0.5) is 13.2 Å². The van der Waals surface area contributed by atoms with E-state index in [0.29, 0.717) is 17.7 Å². The number of rotatable bonds is 3. The third kappa shape index (κ3) is 2.88. The number of nitrogens with zero attached hydrogens (tertiary/aromatic N) is 1. The van der Waals surface area contributed by atoms with Crippen molar-refractivity contribution < 1.29 is 13.2 Å². The van der Waals surface area contributed by atoms with E-state index >= 15 is 0 Å². The summed E-state index contributed by atoms with van der Waals surface area (Å²) in [6.07, 6.45) is -2.91. The van der Waals surface area contributed by atoms with Gasteiger partial charge in [0.2, 0.25) is 0 Å². The van der Waals surface area contributed by atoms with E-state index in [4.69, 9.17) is 0 Å². The maximum absolute atomic E-state index is 12.8. The van der Waals surface area contributed by atoms with Crippen LogP contribution < -0.4 is 0 Å². The highest BCUT2D eigenvalue weighted by Gasteiger charge is 2.46. The van der Waals surface area contributed by atoms with Crippen molar-refractivity contribution in [1.29, 1.82) is 0 Å². The molecular weight excluding hydrogens is 330 g/mol. The van der Waals surface area contributed by atoms with Gasteiger partial charge in [-0.05, 0) is 47.1 Å². The number of alkyl halides is 3. The summed E-state index contributed by atoms with van der Waals surface area (Å²) < 4.78 is 39.1. The van der Waals surface area contributed by atoms with Crippen molar-refractivity contribution in [2.75, 3.05) is 0 Å². The Bertz CT molecular complexity index is 374. The summed E-state index contributed by atoms with van der Waals surface area (Å²) in [6.45, 7) is -0.0344. The maximum atomic E-state index is 12.8. The Hall–Kier alpha value is -0.300. The summed E-state index contributed by atoms with van der Waals surface area (Å²) in [6, 6.07) is 6.88. The zero-order valence-electron chi connectivity index (χ0n) is 8.47. The first-order valence-electron chi connectivity index (χ1n) is 5.05. The van der Waals surface area contributed by atoms with Crippen LogP contribution in [0, 0.1) is 3.57 Å². The zero-order valence-corrected chi connectivity index (χ0v) is 10.6. The molecule has 1 aliphatic rings. The molecule has 1 nitrogen and oxygen atoms in total. The Morgan fingerprint density at radius 3 is 2.38 bits per heavy atom. The molecule has 0 unspecified atom stereocenters. The van der Waals surface area contributed by atoms with Crippen LogP contribution >= 0.6 is 22.6 Å². The molecule has 1 saturated carbocycles. The van der Waals surface area contributed by atoms with Crippen molar-refractivity contribution in [3.8, 4) is 0 Å². The van der Waals surface area contributed by atoms with E-state index in [1.165, 1.54) is 0 Å². The van der Waals surface area contributed by atoms with Gasteiger partial charge < -0.3 is 0 Å². The quantitative estimate of drug-likeness (QED) is 0.598. The molecule has 1 aliphatic carbocycles. The van der Waals surface area contributed by atoms with Gasteiger partial charge in [0.1, 0.15) is 0 Å². The fourth-order valence-electron chi connectivity index (χ4n) is 1.62. The third-order valence-corrected chi connectivity index (χ3v) is 3.66. The second-order valence-electron chi connectivity index (χ2n) is 3.92. The van der Waals surface area contributed by atoms with Gasteiger partial charge in [-0.25, -0.2) is 4.90 Å². The summed E-state index contributed by atoms with van der Waals surface area (Å²) in [4.78, 5) is 0.643. The number of benzene rings is 1. The number of hydrogen-bond donors (Lipinski definition) is 0. The van der Waals surface area contributed by atoms with E-state index < -0.39 is 6.30 Å². The first-order chi connectivity index (χ1) is 7.48. The smallest absolute Gasteiger partial charge is 0.207 e. The molecule has 0 saturated heterocycles. The molecule has 0 heterocycles. The van der Waals surface area contributed by atoms with Gasteiger partial charge in [0.25, 0.3) is 0 Å². The molecule has 0 N–H and O–H groups in total. The van der Waals surface area contributed by atoms with E-state index in [1.54, 1.807) is 12.1 Å². The Morgan fingerprint density at radius 2 is 1.88 bits per heavy atom. The van der Waals surface area contributed by atoms with Crippen molar-refractivity contribution in [3.05, 3.63) is 33.4 Å². The SMILES string of the molecule is FC(F)(F)N(Cc1ccccc1I)C1CC1. The summed E-state index contributed by atoms with van der Waals surface area (Å²) in [7, 11) is 0. The average Bonchev–Trinajstić information content (AvgIpc) is 2.98. The molecule has 1 aromatic rings. The molecule has 0 aromatic heterocycles. The molecule has 88 valence electrons. The molecule has 0 spiro atoms. The summed E-state index contributed by atoms with van der Waals surface area (Å²) in [5.74, 6) is 0. The van der Waals surface area contributed by atoms with E-state index in [-0.39, 0.29) is 12.6 Å². The lowest BCUT2D eigenvalue weighted by molar-refractivity contribution is -0.253. The lowest BCUT2D eigenvalue weighted by atomic mass is 10.2. The molecule has 0 radical (unpaired) electrons.